The number of hydrogen-bond donors (Lipinski definition) is 0. The molecule has 0 fully saturated rings. The summed E-state index contributed by atoms with van der Waals surface area (Å²) in [7, 11) is 6.70. The van der Waals surface area contributed by atoms with Crippen molar-refractivity contribution in [3.8, 4) is 0 Å². The second kappa shape index (κ2) is 3.76. The topological polar surface area (TPSA) is 25.8 Å². The Labute approximate surface area is 76.8 Å². The van der Waals surface area contributed by atoms with Gasteiger partial charge in [-0.25, -0.2) is 0 Å². The van der Waals surface area contributed by atoms with E-state index in [1.165, 1.54) is 11.0 Å². The van der Waals surface area contributed by atoms with Crippen molar-refractivity contribution in [2.75, 3.05) is 0 Å². The van der Waals surface area contributed by atoms with Gasteiger partial charge in [-0.2, -0.15) is 8.75 Å². The van der Waals surface area contributed by atoms with Gasteiger partial charge in [0.05, 0.1) is 17.0 Å². The predicted octanol–water partition coefficient (Wildman–Crippen LogP) is 3.14. The molecule has 0 aromatic carbocycles. The van der Waals surface area contributed by atoms with Crippen molar-refractivity contribution >= 4 is 45.0 Å². The van der Waals surface area contributed by atoms with Crippen molar-refractivity contribution in [1.29, 1.82) is 0 Å². The summed E-state index contributed by atoms with van der Waals surface area (Å²) in [6.07, 6.45) is 0. The van der Waals surface area contributed by atoms with Gasteiger partial charge in [0.1, 0.15) is 5.69 Å². The van der Waals surface area contributed by atoms with E-state index >= 15 is 0 Å². The zero-order chi connectivity index (χ0) is 7.56. The molecule has 0 aliphatic heterocycles. The highest BCUT2D eigenvalue weighted by Gasteiger charge is 2.12. The van der Waals surface area contributed by atoms with Crippen molar-refractivity contribution in [3.63, 3.8) is 0 Å². The smallest absolute Gasteiger partial charge is 0.167 e. The van der Waals surface area contributed by atoms with E-state index in [4.69, 9.17) is 22.3 Å². The van der Waals surface area contributed by atoms with E-state index in [0.29, 0.717) is 5.15 Å². The van der Waals surface area contributed by atoms with Gasteiger partial charge in [-0.3, -0.25) is 0 Å². The van der Waals surface area contributed by atoms with E-state index in [-0.39, 0.29) is 5.25 Å². The molecule has 0 saturated carbocycles. The predicted molar refractivity (Wildman–Crippen MR) is 46.8 cm³/mol. The SMILES string of the molecule is CC(SCl)c1nsnc1Cl. The molecule has 0 spiro atoms. The van der Waals surface area contributed by atoms with E-state index in [9.17, 15) is 0 Å². The highest BCUT2D eigenvalue weighted by molar-refractivity contribution is 8.21. The van der Waals surface area contributed by atoms with Gasteiger partial charge in [0.25, 0.3) is 0 Å². The minimum absolute atomic E-state index is 0.118. The third-order valence-corrected chi connectivity index (χ3v) is 3.20. The Balaban J connectivity index is 2.82. The Hall–Kier alpha value is 0.490. The van der Waals surface area contributed by atoms with E-state index in [1.54, 1.807) is 0 Å². The van der Waals surface area contributed by atoms with Gasteiger partial charge in [0.2, 0.25) is 0 Å². The zero-order valence-electron chi connectivity index (χ0n) is 5.04. The van der Waals surface area contributed by atoms with Crippen molar-refractivity contribution in [2.45, 2.75) is 12.2 Å². The fourth-order valence-corrected chi connectivity index (χ4v) is 1.99. The van der Waals surface area contributed by atoms with Crippen LogP contribution in [-0.4, -0.2) is 8.75 Å². The Morgan fingerprint density at radius 3 is 2.70 bits per heavy atom. The fraction of sp³-hybridized carbons (Fsp3) is 0.500. The molecule has 2 nitrogen and oxygen atoms in total. The highest BCUT2D eigenvalue weighted by atomic mass is 35.7. The average Bonchev–Trinajstić information content (AvgIpc) is 2.34. The molecule has 1 unspecified atom stereocenters. The highest BCUT2D eigenvalue weighted by Crippen LogP contribution is 2.33. The Kier molecular flexibility index (Phi) is 3.23. The first-order chi connectivity index (χ1) is 4.75. The monoisotopic (exact) mass is 214 g/mol. The average molecular weight is 215 g/mol. The van der Waals surface area contributed by atoms with Crippen LogP contribution in [0.15, 0.2) is 0 Å². The van der Waals surface area contributed by atoms with E-state index in [2.05, 4.69) is 8.75 Å². The van der Waals surface area contributed by atoms with Crippen LogP contribution in [-0.2, 0) is 0 Å². The molecule has 1 aromatic heterocycles. The van der Waals surface area contributed by atoms with Gasteiger partial charge >= 0.3 is 0 Å². The van der Waals surface area contributed by atoms with Gasteiger partial charge in [-0.05, 0) is 28.6 Å². The molecular weight excluding hydrogens is 211 g/mol. The van der Waals surface area contributed by atoms with Crippen LogP contribution in [0.2, 0.25) is 5.15 Å². The maximum absolute atomic E-state index is 5.68. The van der Waals surface area contributed by atoms with Crippen LogP contribution in [0.25, 0.3) is 0 Å². The summed E-state index contributed by atoms with van der Waals surface area (Å²) < 4.78 is 7.79. The summed E-state index contributed by atoms with van der Waals surface area (Å²) in [5.74, 6) is 0. The van der Waals surface area contributed by atoms with Gasteiger partial charge < -0.3 is 0 Å². The molecular formula is C4H4Cl2N2S2. The summed E-state index contributed by atoms with van der Waals surface area (Å²) in [4.78, 5) is 0. The third-order valence-electron chi connectivity index (χ3n) is 0.990. The second-order valence-electron chi connectivity index (χ2n) is 1.67. The van der Waals surface area contributed by atoms with E-state index in [1.807, 2.05) is 6.92 Å². The number of halogens is 2. The van der Waals surface area contributed by atoms with Crippen LogP contribution in [0.4, 0.5) is 0 Å². The first kappa shape index (κ1) is 8.59. The molecule has 1 rings (SSSR count). The number of aromatic nitrogens is 2. The summed E-state index contributed by atoms with van der Waals surface area (Å²) >= 11 is 6.78. The van der Waals surface area contributed by atoms with Gasteiger partial charge in [0, 0.05) is 0 Å². The standard InChI is InChI=1S/C4H4Cl2N2S2/c1-2(9-6)3-4(5)8-10-7-3/h2H,1H3. The molecule has 0 radical (unpaired) electrons. The molecule has 1 atom stereocenters. The largest absolute Gasteiger partial charge is 0.175 e. The van der Waals surface area contributed by atoms with Crippen LogP contribution in [0.1, 0.15) is 17.9 Å². The number of rotatable bonds is 2. The van der Waals surface area contributed by atoms with E-state index in [0.717, 1.165) is 17.4 Å². The maximum atomic E-state index is 5.68. The molecule has 1 heterocycles. The van der Waals surface area contributed by atoms with Crippen LogP contribution < -0.4 is 0 Å². The first-order valence-electron chi connectivity index (χ1n) is 2.51. The van der Waals surface area contributed by atoms with Crippen LogP contribution in [0, 0.1) is 0 Å². The zero-order valence-corrected chi connectivity index (χ0v) is 8.19. The van der Waals surface area contributed by atoms with Crippen LogP contribution in [0.5, 0.6) is 0 Å². The quantitative estimate of drug-likeness (QED) is 0.757. The van der Waals surface area contributed by atoms with Gasteiger partial charge in [-0.1, -0.05) is 11.6 Å². The lowest BCUT2D eigenvalue weighted by atomic mass is 10.4. The normalized spacial score (nSPS) is 13.5. The molecule has 0 amide bonds. The molecule has 0 saturated heterocycles. The molecule has 0 bridgehead atoms. The van der Waals surface area contributed by atoms with Crippen LogP contribution in [0.3, 0.4) is 0 Å². The third kappa shape index (κ3) is 1.75. The molecule has 0 aliphatic rings. The van der Waals surface area contributed by atoms with Crippen molar-refractivity contribution in [3.05, 3.63) is 10.8 Å². The number of hydrogen-bond acceptors (Lipinski definition) is 4. The lowest BCUT2D eigenvalue weighted by Gasteiger charge is -1.99. The molecule has 6 heteroatoms. The lowest BCUT2D eigenvalue weighted by molar-refractivity contribution is 1.05. The van der Waals surface area contributed by atoms with Crippen molar-refractivity contribution in [2.24, 2.45) is 0 Å². The minimum Gasteiger partial charge on any atom is -0.175 e. The van der Waals surface area contributed by atoms with Gasteiger partial charge in [0.15, 0.2) is 5.15 Å². The summed E-state index contributed by atoms with van der Waals surface area (Å²) in [6, 6.07) is 0. The minimum atomic E-state index is 0.118. The molecule has 0 N–H and O–H groups in total. The molecule has 10 heavy (non-hydrogen) atoms. The Morgan fingerprint density at radius 2 is 2.30 bits per heavy atom. The van der Waals surface area contributed by atoms with Crippen LogP contribution >= 0.6 is 45.0 Å². The van der Waals surface area contributed by atoms with Crippen molar-refractivity contribution in [1.82, 2.24) is 8.75 Å². The molecule has 56 valence electrons. The summed E-state index contributed by atoms with van der Waals surface area (Å²) in [6.45, 7) is 1.93. The van der Waals surface area contributed by atoms with Gasteiger partial charge in [-0.15, -0.1) is 0 Å². The maximum Gasteiger partial charge on any atom is 0.167 e. The summed E-state index contributed by atoms with van der Waals surface area (Å²) in [5, 5.41) is 0.582. The summed E-state index contributed by atoms with van der Waals surface area (Å²) in [5.41, 5.74) is 0.770. The fourth-order valence-electron chi connectivity index (χ4n) is 0.469. The molecule has 1 aromatic rings. The van der Waals surface area contributed by atoms with E-state index < -0.39 is 0 Å². The Morgan fingerprint density at radius 1 is 1.60 bits per heavy atom. The second-order valence-corrected chi connectivity index (χ2v) is 3.98. The number of nitrogens with zero attached hydrogens (tertiary/aromatic N) is 2. The Bertz CT molecular complexity index is 215. The lowest BCUT2D eigenvalue weighted by Crippen LogP contribution is -1.85. The first-order valence-corrected chi connectivity index (χ1v) is 5.32. The molecule has 0 aliphatic carbocycles. The van der Waals surface area contributed by atoms with Crippen molar-refractivity contribution < 1.29 is 0 Å².